The molecule has 3 aromatic rings. The zero-order valence-electron chi connectivity index (χ0n) is 17.6. The lowest BCUT2D eigenvalue weighted by atomic mass is 10.0. The fraction of sp³-hybridized carbons (Fsp3) is 0.208. The highest BCUT2D eigenvalue weighted by atomic mass is 16.3. The summed E-state index contributed by atoms with van der Waals surface area (Å²) >= 11 is 0. The van der Waals surface area contributed by atoms with E-state index in [-0.39, 0.29) is 29.4 Å². The van der Waals surface area contributed by atoms with Crippen molar-refractivity contribution in [2.75, 3.05) is 10.6 Å². The first-order valence-corrected chi connectivity index (χ1v) is 9.97. The fourth-order valence-corrected chi connectivity index (χ4v) is 2.92. The Balaban J connectivity index is 1.61. The number of amides is 3. The molecule has 2 aromatic carbocycles. The largest absolute Gasteiger partial charge is 0.459 e. The molecule has 0 aliphatic rings. The number of benzene rings is 2. The number of carbonyl (C=O) groups is 3. The van der Waals surface area contributed by atoms with Crippen LogP contribution < -0.4 is 16.0 Å². The number of nitrogens with one attached hydrogen (secondary N) is 3. The lowest BCUT2D eigenvalue weighted by molar-refractivity contribution is -0.118. The first kappa shape index (κ1) is 21.8. The molecule has 1 atom stereocenters. The summed E-state index contributed by atoms with van der Waals surface area (Å²) in [6.07, 6.45) is 1.43. The molecule has 0 saturated heterocycles. The molecule has 3 N–H and O–H groups in total. The molecule has 3 amide bonds. The summed E-state index contributed by atoms with van der Waals surface area (Å²) in [7, 11) is 0. The zero-order chi connectivity index (χ0) is 22.4. The van der Waals surface area contributed by atoms with E-state index in [4.69, 9.17) is 4.42 Å². The van der Waals surface area contributed by atoms with Crippen LogP contribution in [0.2, 0.25) is 0 Å². The van der Waals surface area contributed by atoms with Crippen LogP contribution in [0.3, 0.4) is 0 Å². The third-order valence-electron chi connectivity index (χ3n) is 4.70. The number of hydrogen-bond acceptors (Lipinski definition) is 4. The summed E-state index contributed by atoms with van der Waals surface area (Å²) in [5.74, 6) is -0.879. The van der Waals surface area contributed by atoms with Crippen LogP contribution in [0.1, 0.15) is 40.3 Å². The maximum Gasteiger partial charge on any atom is 0.291 e. The Bertz CT molecular complexity index is 1040. The van der Waals surface area contributed by atoms with Gasteiger partial charge in [0.1, 0.15) is 6.04 Å². The van der Waals surface area contributed by atoms with E-state index in [0.717, 1.165) is 5.56 Å². The molecule has 1 unspecified atom stereocenters. The number of furan rings is 1. The zero-order valence-corrected chi connectivity index (χ0v) is 17.6. The average Bonchev–Trinajstić information content (AvgIpc) is 3.28. The molecule has 7 heteroatoms. The summed E-state index contributed by atoms with van der Waals surface area (Å²) < 4.78 is 5.06. The normalized spacial score (nSPS) is 11.6. The number of hydrogen-bond donors (Lipinski definition) is 3. The maximum atomic E-state index is 12.8. The van der Waals surface area contributed by atoms with Gasteiger partial charge in [-0.3, -0.25) is 14.4 Å². The monoisotopic (exact) mass is 419 g/mol. The van der Waals surface area contributed by atoms with Gasteiger partial charge in [-0.05, 0) is 61.4 Å². The van der Waals surface area contributed by atoms with Gasteiger partial charge in [-0.15, -0.1) is 0 Å². The van der Waals surface area contributed by atoms with Crippen molar-refractivity contribution in [1.82, 2.24) is 5.32 Å². The van der Waals surface area contributed by atoms with Gasteiger partial charge < -0.3 is 20.4 Å². The van der Waals surface area contributed by atoms with Crippen LogP contribution in [0, 0.1) is 12.8 Å². The van der Waals surface area contributed by atoms with Crippen LogP contribution >= 0.6 is 0 Å². The molecular weight excluding hydrogens is 394 g/mol. The van der Waals surface area contributed by atoms with Crippen molar-refractivity contribution >= 4 is 29.1 Å². The van der Waals surface area contributed by atoms with E-state index in [9.17, 15) is 14.4 Å². The van der Waals surface area contributed by atoms with Crippen LogP contribution in [0.4, 0.5) is 11.4 Å². The van der Waals surface area contributed by atoms with Crippen LogP contribution in [0.25, 0.3) is 0 Å². The van der Waals surface area contributed by atoms with Crippen molar-refractivity contribution < 1.29 is 18.8 Å². The summed E-state index contributed by atoms with van der Waals surface area (Å²) in [5, 5.41) is 8.33. The van der Waals surface area contributed by atoms with Crippen LogP contribution in [0.15, 0.2) is 71.3 Å². The fourth-order valence-electron chi connectivity index (χ4n) is 2.92. The van der Waals surface area contributed by atoms with Crippen molar-refractivity contribution in [1.29, 1.82) is 0 Å². The van der Waals surface area contributed by atoms with Gasteiger partial charge in [0.15, 0.2) is 5.76 Å². The maximum absolute atomic E-state index is 12.8. The number of anilines is 2. The molecule has 0 fully saturated rings. The molecule has 0 spiro atoms. The van der Waals surface area contributed by atoms with Crippen LogP contribution in [0.5, 0.6) is 0 Å². The van der Waals surface area contributed by atoms with Crippen molar-refractivity contribution in [2.24, 2.45) is 5.92 Å². The second-order valence-corrected chi connectivity index (χ2v) is 7.56. The van der Waals surface area contributed by atoms with E-state index in [1.54, 1.807) is 48.5 Å². The van der Waals surface area contributed by atoms with E-state index in [0.29, 0.717) is 16.9 Å². The number of carbonyl (C=O) groups excluding carboxylic acids is 3. The second-order valence-electron chi connectivity index (χ2n) is 7.56. The minimum absolute atomic E-state index is 0.110. The van der Waals surface area contributed by atoms with E-state index < -0.39 is 6.04 Å². The van der Waals surface area contributed by atoms with Crippen LogP contribution in [-0.4, -0.2) is 23.8 Å². The van der Waals surface area contributed by atoms with Crippen molar-refractivity contribution in [2.45, 2.75) is 26.8 Å². The van der Waals surface area contributed by atoms with Gasteiger partial charge in [0.2, 0.25) is 5.91 Å². The minimum atomic E-state index is -0.702. The third kappa shape index (κ3) is 5.82. The molecule has 0 radical (unpaired) electrons. The molecule has 0 aliphatic carbocycles. The van der Waals surface area contributed by atoms with Crippen molar-refractivity contribution in [3.05, 3.63) is 83.8 Å². The third-order valence-corrected chi connectivity index (χ3v) is 4.70. The predicted octanol–water partition coefficient (Wildman–Crippen LogP) is 4.23. The Kier molecular flexibility index (Phi) is 6.87. The highest BCUT2D eigenvalue weighted by molar-refractivity contribution is 6.03. The van der Waals surface area contributed by atoms with E-state index in [1.165, 1.54) is 6.26 Å². The Morgan fingerprint density at radius 1 is 0.806 bits per heavy atom. The first-order chi connectivity index (χ1) is 14.8. The molecule has 1 aromatic heterocycles. The molecule has 160 valence electrons. The van der Waals surface area contributed by atoms with Crippen molar-refractivity contribution in [3.8, 4) is 0 Å². The van der Waals surface area contributed by atoms with Gasteiger partial charge in [0.05, 0.1) is 6.26 Å². The Labute approximate surface area is 180 Å². The SMILES string of the molecule is Cc1ccc(C(=O)NC(C(=O)Nc2ccc(NC(=O)c3ccco3)cc2)C(C)C)cc1. The van der Waals surface area contributed by atoms with Gasteiger partial charge in [-0.25, -0.2) is 0 Å². The number of aryl methyl sites for hydroxylation is 1. The Morgan fingerprint density at radius 3 is 1.97 bits per heavy atom. The highest BCUT2D eigenvalue weighted by Crippen LogP contribution is 2.16. The predicted molar refractivity (Wildman–Crippen MR) is 119 cm³/mol. The molecule has 1 heterocycles. The second kappa shape index (κ2) is 9.75. The highest BCUT2D eigenvalue weighted by Gasteiger charge is 2.24. The molecule has 0 bridgehead atoms. The van der Waals surface area contributed by atoms with E-state index >= 15 is 0 Å². The van der Waals surface area contributed by atoms with Gasteiger partial charge in [-0.2, -0.15) is 0 Å². The molecule has 7 nitrogen and oxygen atoms in total. The first-order valence-electron chi connectivity index (χ1n) is 9.97. The standard InChI is InChI=1S/C24H25N3O4/c1-15(2)21(27-22(28)17-8-6-16(3)7-9-17)24(30)26-19-12-10-18(11-13-19)25-23(29)20-5-4-14-31-20/h4-15,21H,1-3H3,(H,25,29)(H,26,30)(H,27,28). The van der Waals surface area contributed by atoms with Gasteiger partial charge in [-0.1, -0.05) is 31.5 Å². The van der Waals surface area contributed by atoms with Crippen LogP contribution in [-0.2, 0) is 4.79 Å². The lowest BCUT2D eigenvalue weighted by Crippen LogP contribution is -2.47. The molecular formula is C24H25N3O4. The number of rotatable bonds is 7. The van der Waals surface area contributed by atoms with E-state index in [2.05, 4.69) is 16.0 Å². The molecule has 0 saturated carbocycles. The van der Waals surface area contributed by atoms with E-state index in [1.807, 2.05) is 32.9 Å². The minimum Gasteiger partial charge on any atom is -0.459 e. The van der Waals surface area contributed by atoms with Gasteiger partial charge in [0, 0.05) is 16.9 Å². The summed E-state index contributed by atoms with van der Waals surface area (Å²) in [4.78, 5) is 37.3. The molecule has 0 aliphatic heterocycles. The lowest BCUT2D eigenvalue weighted by Gasteiger charge is -2.22. The quantitative estimate of drug-likeness (QED) is 0.533. The molecule has 3 rings (SSSR count). The topological polar surface area (TPSA) is 100 Å². The Hall–Kier alpha value is -3.87. The molecule has 31 heavy (non-hydrogen) atoms. The Morgan fingerprint density at radius 2 is 1.42 bits per heavy atom. The average molecular weight is 419 g/mol. The summed E-state index contributed by atoms with van der Waals surface area (Å²) in [6.45, 7) is 5.68. The van der Waals surface area contributed by atoms with Crippen molar-refractivity contribution in [3.63, 3.8) is 0 Å². The van der Waals surface area contributed by atoms with Gasteiger partial charge >= 0.3 is 0 Å². The summed E-state index contributed by atoms with van der Waals surface area (Å²) in [5.41, 5.74) is 2.67. The summed E-state index contributed by atoms with van der Waals surface area (Å²) in [6, 6.07) is 16.4. The van der Waals surface area contributed by atoms with Gasteiger partial charge in [0.25, 0.3) is 11.8 Å². The smallest absolute Gasteiger partial charge is 0.291 e.